The number of alkyl halides is 6. The molecule has 0 saturated carbocycles. The Hall–Kier alpha value is -3.21. The molecular formula is C19H20F6N4O6S. The van der Waals surface area contributed by atoms with E-state index in [9.17, 15) is 26.3 Å². The van der Waals surface area contributed by atoms with Crippen LogP contribution in [0, 0.1) is 12.8 Å². The highest BCUT2D eigenvalue weighted by Gasteiger charge is 2.54. The van der Waals surface area contributed by atoms with Crippen LogP contribution in [-0.2, 0) is 14.3 Å². The Kier molecular flexibility index (Phi) is 9.42. The lowest BCUT2D eigenvalue weighted by Gasteiger charge is -2.49. The van der Waals surface area contributed by atoms with Crippen molar-refractivity contribution in [1.82, 2.24) is 15.2 Å². The lowest BCUT2D eigenvalue weighted by Crippen LogP contribution is -2.65. The Morgan fingerprint density at radius 2 is 1.75 bits per heavy atom. The minimum atomic E-state index is -5.08. The Labute approximate surface area is 203 Å². The lowest BCUT2D eigenvalue weighted by atomic mass is 9.81. The van der Waals surface area contributed by atoms with Gasteiger partial charge in [-0.2, -0.15) is 26.3 Å². The lowest BCUT2D eigenvalue weighted by molar-refractivity contribution is -0.193. The number of hydrogen-bond donors (Lipinski definition) is 2. The Bertz CT molecular complexity index is 990. The van der Waals surface area contributed by atoms with E-state index in [2.05, 4.69) is 20.1 Å². The van der Waals surface area contributed by atoms with Crippen molar-refractivity contribution in [3.05, 3.63) is 29.5 Å². The fraction of sp³-hybridized carbons (Fsp3) is 0.526. The first-order valence-electron chi connectivity index (χ1n) is 9.96. The summed E-state index contributed by atoms with van der Waals surface area (Å²) in [5.41, 5.74) is -0.0816. The summed E-state index contributed by atoms with van der Waals surface area (Å²) in [4.78, 5) is 24.1. The van der Waals surface area contributed by atoms with Crippen LogP contribution in [0.3, 0.4) is 0 Å². The number of hydrogen-bond acceptors (Lipinski definition) is 9. The predicted octanol–water partition coefficient (Wildman–Crippen LogP) is 3.18. The van der Waals surface area contributed by atoms with Gasteiger partial charge < -0.3 is 24.6 Å². The van der Waals surface area contributed by atoms with Crippen molar-refractivity contribution < 1.29 is 55.6 Å². The van der Waals surface area contributed by atoms with Gasteiger partial charge in [-0.15, -0.1) is 10.2 Å². The van der Waals surface area contributed by atoms with Gasteiger partial charge in [-0.1, -0.05) is 11.3 Å². The molecule has 2 fully saturated rings. The van der Waals surface area contributed by atoms with Gasteiger partial charge in [-0.05, 0) is 25.5 Å². The van der Waals surface area contributed by atoms with Crippen molar-refractivity contribution >= 4 is 28.4 Å². The van der Waals surface area contributed by atoms with E-state index in [-0.39, 0.29) is 5.60 Å². The number of aromatic nitrogens is 3. The van der Waals surface area contributed by atoms with Crippen molar-refractivity contribution in [1.29, 1.82) is 0 Å². The molecule has 10 nitrogen and oxygen atoms in total. The molecule has 4 heterocycles. The maximum atomic E-state index is 10.6. The third-order valence-corrected chi connectivity index (χ3v) is 5.77. The summed E-state index contributed by atoms with van der Waals surface area (Å²) in [6.45, 7) is 5.22. The van der Waals surface area contributed by atoms with Gasteiger partial charge >= 0.3 is 24.3 Å². The van der Waals surface area contributed by atoms with Crippen molar-refractivity contribution in [2.75, 3.05) is 31.2 Å². The molecule has 17 heteroatoms. The van der Waals surface area contributed by atoms with Gasteiger partial charge in [0.25, 0.3) is 0 Å². The van der Waals surface area contributed by atoms with Crippen LogP contribution in [0.25, 0.3) is 0 Å². The van der Waals surface area contributed by atoms with Crippen molar-refractivity contribution in [2.45, 2.75) is 31.3 Å². The van der Waals surface area contributed by atoms with Crippen molar-refractivity contribution in [3.8, 4) is 5.75 Å². The van der Waals surface area contributed by atoms with E-state index in [0.717, 1.165) is 42.0 Å². The number of pyridine rings is 1. The second-order valence-electron chi connectivity index (χ2n) is 7.46. The summed E-state index contributed by atoms with van der Waals surface area (Å²) in [5, 5.41) is 24.5. The quantitative estimate of drug-likeness (QED) is 0.551. The van der Waals surface area contributed by atoms with E-state index in [0.29, 0.717) is 12.5 Å². The number of nitrogens with zero attached hydrogens (tertiary/aromatic N) is 4. The number of carbonyl (C=O) groups is 2. The standard InChI is InChI=1S/C15H18N4O2S.2C2HF3O2/c1-11-17-18-14(22-11)19-9-15(10-19)12(4-6-21-15)8-20-13-3-2-5-16-7-13;2*3-2(4,5)1(6)7/h2-3,5,7,12H,4,6,8-10H2,1H3;2*(H,6,7). The largest absolute Gasteiger partial charge is 0.492 e. The Morgan fingerprint density at radius 1 is 1.17 bits per heavy atom. The number of ether oxygens (including phenoxy) is 2. The molecule has 36 heavy (non-hydrogen) atoms. The van der Waals surface area contributed by atoms with Gasteiger partial charge in [0, 0.05) is 18.7 Å². The second kappa shape index (κ2) is 11.7. The van der Waals surface area contributed by atoms with Crippen molar-refractivity contribution in [3.63, 3.8) is 0 Å². The summed E-state index contributed by atoms with van der Waals surface area (Å²) in [5.74, 6) is -4.28. The van der Waals surface area contributed by atoms with Gasteiger partial charge in [-0.25, -0.2) is 9.59 Å². The van der Waals surface area contributed by atoms with E-state index < -0.39 is 24.3 Å². The number of aryl methyl sites for hydroxylation is 1. The van der Waals surface area contributed by atoms with Gasteiger partial charge in [0.05, 0.1) is 25.9 Å². The molecule has 1 spiro atoms. The molecule has 2 aliphatic rings. The first-order valence-corrected chi connectivity index (χ1v) is 10.8. The molecule has 0 radical (unpaired) electrons. The summed E-state index contributed by atoms with van der Waals surface area (Å²) in [7, 11) is 0. The minimum absolute atomic E-state index is 0.0816. The van der Waals surface area contributed by atoms with Crippen LogP contribution in [0.4, 0.5) is 31.5 Å². The highest BCUT2D eigenvalue weighted by Crippen LogP contribution is 2.42. The number of carboxylic acid groups (broad SMARTS) is 2. The molecule has 0 aliphatic carbocycles. The van der Waals surface area contributed by atoms with Crippen LogP contribution >= 0.6 is 11.3 Å². The van der Waals surface area contributed by atoms with Gasteiger partial charge in [0.1, 0.15) is 16.4 Å². The monoisotopic (exact) mass is 546 g/mol. The normalized spacial score (nSPS) is 18.3. The topological polar surface area (TPSA) is 135 Å². The maximum absolute atomic E-state index is 10.6. The summed E-state index contributed by atoms with van der Waals surface area (Å²) in [6, 6.07) is 3.83. The number of halogens is 6. The van der Waals surface area contributed by atoms with Gasteiger partial charge in [0.2, 0.25) is 5.13 Å². The second-order valence-corrected chi connectivity index (χ2v) is 8.62. The molecule has 2 aliphatic heterocycles. The molecule has 4 rings (SSSR count). The third-order valence-electron chi connectivity index (χ3n) is 4.87. The average molecular weight is 546 g/mol. The molecule has 0 amide bonds. The molecule has 0 bridgehead atoms. The Balaban J connectivity index is 0.000000271. The number of aliphatic carboxylic acids is 2. The van der Waals surface area contributed by atoms with E-state index in [1.807, 2.05) is 19.1 Å². The van der Waals surface area contributed by atoms with Crippen LogP contribution in [0.15, 0.2) is 24.5 Å². The molecule has 2 N–H and O–H groups in total. The fourth-order valence-electron chi connectivity index (χ4n) is 3.15. The molecule has 200 valence electrons. The van der Waals surface area contributed by atoms with Crippen LogP contribution in [0.5, 0.6) is 5.75 Å². The summed E-state index contributed by atoms with van der Waals surface area (Å²) < 4.78 is 75.4. The average Bonchev–Trinajstić information content (AvgIpc) is 3.37. The number of anilines is 1. The van der Waals surface area contributed by atoms with E-state index in [4.69, 9.17) is 29.3 Å². The van der Waals surface area contributed by atoms with Crippen LogP contribution in [0.1, 0.15) is 11.4 Å². The van der Waals surface area contributed by atoms with E-state index >= 15 is 0 Å². The number of carboxylic acids is 2. The van der Waals surface area contributed by atoms with E-state index in [1.165, 1.54) is 0 Å². The van der Waals surface area contributed by atoms with Crippen LogP contribution in [-0.4, -0.2) is 81.6 Å². The minimum Gasteiger partial charge on any atom is -0.492 e. The highest BCUT2D eigenvalue weighted by molar-refractivity contribution is 7.15. The number of rotatable bonds is 4. The van der Waals surface area contributed by atoms with Gasteiger partial charge in [-0.3, -0.25) is 4.98 Å². The molecule has 2 aromatic rings. The SMILES string of the molecule is Cc1nnc(N2CC3(C2)OCCC3COc2cccnc2)s1.O=C(O)C(F)(F)F.O=C(O)C(F)(F)F. The highest BCUT2D eigenvalue weighted by atomic mass is 32.1. The smallest absolute Gasteiger partial charge is 0.490 e. The summed E-state index contributed by atoms with van der Waals surface area (Å²) >= 11 is 1.63. The van der Waals surface area contributed by atoms with Crippen molar-refractivity contribution in [2.24, 2.45) is 5.92 Å². The third kappa shape index (κ3) is 8.18. The zero-order valence-corrected chi connectivity index (χ0v) is 19.2. The molecule has 1 atom stereocenters. The first kappa shape index (κ1) is 29.0. The van der Waals surface area contributed by atoms with Gasteiger partial charge in [0.15, 0.2) is 0 Å². The van der Waals surface area contributed by atoms with Crippen LogP contribution < -0.4 is 9.64 Å². The molecule has 0 aromatic carbocycles. The first-order chi connectivity index (χ1) is 16.6. The molecule has 2 saturated heterocycles. The molecule has 2 aromatic heterocycles. The maximum Gasteiger partial charge on any atom is 0.490 e. The van der Waals surface area contributed by atoms with Crippen LogP contribution in [0.2, 0.25) is 0 Å². The predicted molar refractivity (Wildman–Crippen MR) is 111 cm³/mol. The molecule has 1 unspecified atom stereocenters. The zero-order valence-electron chi connectivity index (χ0n) is 18.4. The fourth-order valence-corrected chi connectivity index (χ4v) is 3.83. The zero-order chi connectivity index (χ0) is 27.1. The Morgan fingerprint density at radius 3 is 2.19 bits per heavy atom. The summed E-state index contributed by atoms with van der Waals surface area (Å²) in [6.07, 6.45) is -5.62. The van der Waals surface area contributed by atoms with E-state index in [1.54, 1.807) is 23.7 Å². The molecular weight excluding hydrogens is 526 g/mol.